The number of pyridine rings is 2. The van der Waals surface area contributed by atoms with E-state index >= 15 is 0 Å². The maximum absolute atomic E-state index is 12.7. The summed E-state index contributed by atoms with van der Waals surface area (Å²) in [6, 6.07) is 7.31. The number of anilines is 1. The van der Waals surface area contributed by atoms with E-state index in [1.807, 2.05) is 30.3 Å². The molecule has 0 spiro atoms. The molecule has 1 aliphatic rings. The SMILES string of the molecule is CC[C@@](O)(c1ccncc1)c1cc(-c2c[nH]c3ncc(-c4cnn(CC(=O)N5CCCCC5)c4)cc23)nc(N)n1. The lowest BCUT2D eigenvalue weighted by Crippen LogP contribution is -2.37. The monoisotopic (exact) mass is 537 g/mol. The zero-order valence-electron chi connectivity index (χ0n) is 22.3. The number of nitrogens with one attached hydrogen (secondary N) is 1. The van der Waals surface area contributed by atoms with E-state index in [-0.39, 0.29) is 18.4 Å². The number of fused-ring (bicyclic) bond motifs is 1. The van der Waals surface area contributed by atoms with Crippen LogP contribution in [0.4, 0.5) is 5.95 Å². The van der Waals surface area contributed by atoms with Gasteiger partial charge in [0.1, 0.15) is 17.8 Å². The summed E-state index contributed by atoms with van der Waals surface area (Å²) >= 11 is 0. The lowest BCUT2D eigenvalue weighted by Gasteiger charge is -2.27. The van der Waals surface area contributed by atoms with Gasteiger partial charge < -0.3 is 20.7 Å². The van der Waals surface area contributed by atoms with Crippen molar-refractivity contribution in [3.05, 3.63) is 72.7 Å². The van der Waals surface area contributed by atoms with Crippen LogP contribution in [-0.2, 0) is 16.9 Å². The van der Waals surface area contributed by atoms with Gasteiger partial charge in [-0.2, -0.15) is 5.10 Å². The van der Waals surface area contributed by atoms with E-state index in [0.717, 1.165) is 48.0 Å². The van der Waals surface area contributed by atoms with Crippen LogP contribution in [0, 0.1) is 0 Å². The summed E-state index contributed by atoms with van der Waals surface area (Å²) in [7, 11) is 0. The number of H-pyrrole nitrogens is 1. The molecule has 5 aromatic rings. The Labute approximate surface area is 231 Å². The van der Waals surface area contributed by atoms with Crippen LogP contribution in [0.5, 0.6) is 0 Å². The molecule has 204 valence electrons. The third kappa shape index (κ3) is 4.79. The molecule has 0 saturated carbocycles. The number of rotatable bonds is 7. The molecular formula is C29H31N9O2. The van der Waals surface area contributed by atoms with Crippen LogP contribution >= 0.6 is 0 Å². The number of aromatic nitrogens is 7. The molecule has 5 aromatic heterocycles. The van der Waals surface area contributed by atoms with Crippen molar-refractivity contribution < 1.29 is 9.90 Å². The summed E-state index contributed by atoms with van der Waals surface area (Å²) in [6.45, 7) is 3.74. The summed E-state index contributed by atoms with van der Waals surface area (Å²) < 4.78 is 1.68. The van der Waals surface area contributed by atoms with E-state index in [1.165, 1.54) is 6.42 Å². The summed E-state index contributed by atoms with van der Waals surface area (Å²) in [5, 5.41) is 16.9. The van der Waals surface area contributed by atoms with Crippen LogP contribution in [0.2, 0.25) is 0 Å². The van der Waals surface area contributed by atoms with Crippen LogP contribution in [-0.4, -0.2) is 63.7 Å². The Kier molecular flexibility index (Phi) is 6.72. The molecule has 1 fully saturated rings. The van der Waals surface area contributed by atoms with Crippen molar-refractivity contribution >= 4 is 22.9 Å². The topological polar surface area (TPSA) is 152 Å². The number of piperidine rings is 1. The van der Waals surface area contributed by atoms with Crippen molar-refractivity contribution in [2.24, 2.45) is 0 Å². The van der Waals surface area contributed by atoms with Crippen molar-refractivity contribution in [2.45, 2.75) is 44.8 Å². The molecule has 1 amide bonds. The molecule has 0 aromatic carbocycles. The minimum atomic E-state index is -1.36. The highest BCUT2D eigenvalue weighted by atomic mass is 16.3. The number of nitrogen functional groups attached to an aromatic ring is 1. The van der Waals surface area contributed by atoms with Crippen LogP contribution in [0.3, 0.4) is 0 Å². The van der Waals surface area contributed by atoms with Crippen LogP contribution in [0.1, 0.15) is 43.9 Å². The van der Waals surface area contributed by atoms with Gasteiger partial charge in [-0.15, -0.1) is 0 Å². The summed E-state index contributed by atoms with van der Waals surface area (Å²) in [4.78, 5) is 35.4. The maximum Gasteiger partial charge on any atom is 0.244 e. The Hall–Kier alpha value is -4.64. The summed E-state index contributed by atoms with van der Waals surface area (Å²) in [5.74, 6) is 0.151. The van der Waals surface area contributed by atoms with Gasteiger partial charge in [-0.1, -0.05) is 6.92 Å². The molecule has 0 aliphatic carbocycles. The second-order valence-electron chi connectivity index (χ2n) is 10.1. The maximum atomic E-state index is 12.7. The van der Waals surface area contributed by atoms with Gasteiger partial charge in [0.05, 0.1) is 17.6 Å². The van der Waals surface area contributed by atoms with Crippen molar-refractivity contribution in [3.63, 3.8) is 0 Å². The number of aromatic amines is 1. The van der Waals surface area contributed by atoms with Crippen molar-refractivity contribution in [2.75, 3.05) is 18.8 Å². The van der Waals surface area contributed by atoms with Gasteiger partial charge in [0.15, 0.2) is 0 Å². The molecule has 0 unspecified atom stereocenters. The molecule has 1 atom stereocenters. The number of carbonyl (C=O) groups excluding carboxylic acids is 1. The van der Waals surface area contributed by atoms with Gasteiger partial charge in [0.25, 0.3) is 0 Å². The molecule has 11 nitrogen and oxygen atoms in total. The Morgan fingerprint density at radius 2 is 1.90 bits per heavy atom. The van der Waals surface area contributed by atoms with Gasteiger partial charge in [0, 0.05) is 66.2 Å². The lowest BCUT2D eigenvalue weighted by atomic mass is 9.87. The second kappa shape index (κ2) is 10.5. The molecule has 0 bridgehead atoms. The molecule has 4 N–H and O–H groups in total. The number of nitrogens with zero attached hydrogens (tertiary/aromatic N) is 7. The quantitative estimate of drug-likeness (QED) is 0.285. The summed E-state index contributed by atoms with van der Waals surface area (Å²) in [5.41, 5.74) is 9.61. The number of carbonyl (C=O) groups is 1. The van der Waals surface area contributed by atoms with Crippen molar-refractivity contribution in [3.8, 4) is 22.4 Å². The lowest BCUT2D eigenvalue weighted by molar-refractivity contribution is -0.132. The Balaban J connectivity index is 1.32. The standard InChI is InChI=1S/C29H31N9O2/c1-2-29(40,21-6-8-31-9-7-21)25-13-24(35-28(30)36-25)23-16-33-27-22(23)12-19(14-32-27)20-15-34-38(17-20)18-26(39)37-10-4-3-5-11-37/h6-9,12-17,40H,2-5,10-11,18H2,1H3,(H,32,33)(H2,30,35,36)/t29-/m1/s1. The van der Waals surface area contributed by atoms with Gasteiger partial charge in [0.2, 0.25) is 11.9 Å². The first-order chi connectivity index (χ1) is 19.4. The van der Waals surface area contributed by atoms with E-state index in [0.29, 0.717) is 29.0 Å². The zero-order chi connectivity index (χ0) is 27.7. The summed E-state index contributed by atoms with van der Waals surface area (Å²) in [6.07, 6.45) is 14.2. The fraction of sp³-hybridized carbons (Fsp3) is 0.310. The van der Waals surface area contributed by atoms with Crippen LogP contribution < -0.4 is 5.73 Å². The Morgan fingerprint density at radius 1 is 1.10 bits per heavy atom. The molecule has 6 heterocycles. The number of amides is 1. The first kappa shape index (κ1) is 25.6. The fourth-order valence-corrected chi connectivity index (χ4v) is 5.33. The van der Waals surface area contributed by atoms with Gasteiger partial charge >= 0.3 is 0 Å². The molecule has 6 rings (SSSR count). The average molecular weight is 538 g/mol. The Bertz CT molecular complexity index is 1660. The number of nitrogens with two attached hydrogens (primary N) is 1. The highest BCUT2D eigenvalue weighted by molar-refractivity contribution is 5.95. The van der Waals surface area contributed by atoms with E-state index in [1.54, 1.807) is 47.7 Å². The third-order valence-electron chi connectivity index (χ3n) is 7.62. The minimum absolute atomic E-state index is 0.0616. The van der Waals surface area contributed by atoms with Crippen molar-refractivity contribution in [1.82, 2.24) is 39.6 Å². The number of aliphatic hydroxyl groups is 1. The molecule has 1 saturated heterocycles. The third-order valence-corrected chi connectivity index (χ3v) is 7.62. The predicted molar refractivity (Wildman–Crippen MR) is 151 cm³/mol. The predicted octanol–water partition coefficient (Wildman–Crippen LogP) is 3.52. The largest absolute Gasteiger partial charge is 0.379 e. The highest BCUT2D eigenvalue weighted by Crippen LogP contribution is 2.35. The normalized spacial score (nSPS) is 15.3. The van der Waals surface area contributed by atoms with Gasteiger partial charge in [-0.3, -0.25) is 14.5 Å². The number of hydrogen-bond acceptors (Lipinski definition) is 8. The molecule has 11 heteroatoms. The minimum Gasteiger partial charge on any atom is -0.379 e. The first-order valence-electron chi connectivity index (χ1n) is 13.5. The van der Waals surface area contributed by atoms with Crippen LogP contribution in [0.25, 0.3) is 33.4 Å². The number of hydrogen-bond donors (Lipinski definition) is 3. The molecule has 0 radical (unpaired) electrons. The fourth-order valence-electron chi connectivity index (χ4n) is 5.33. The van der Waals surface area contributed by atoms with Crippen LogP contribution in [0.15, 0.2) is 61.4 Å². The van der Waals surface area contributed by atoms with E-state index in [2.05, 4.69) is 30.0 Å². The average Bonchev–Trinajstić information content (AvgIpc) is 3.64. The first-order valence-corrected chi connectivity index (χ1v) is 13.5. The second-order valence-corrected chi connectivity index (χ2v) is 10.1. The zero-order valence-corrected chi connectivity index (χ0v) is 22.3. The van der Waals surface area contributed by atoms with Gasteiger partial charge in [-0.25, -0.2) is 15.0 Å². The smallest absolute Gasteiger partial charge is 0.244 e. The van der Waals surface area contributed by atoms with Gasteiger partial charge in [-0.05, 0) is 55.5 Å². The van der Waals surface area contributed by atoms with Crippen molar-refractivity contribution in [1.29, 1.82) is 0 Å². The van der Waals surface area contributed by atoms with E-state index in [9.17, 15) is 9.90 Å². The molecule has 1 aliphatic heterocycles. The number of likely N-dealkylation sites (tertiary alicyclic amines) is 1. The van der Waals surface area contributed by atoms with E-state index < -0.39 is 5.60 Å². The highest BCUT2D eigenvalue weighted by Gasteiger charge is 2.32. The Morgan fingerprint density at radius 3 is 2.67 bits per heavy atom. The van der Waals surface area contributed by atoms with E-state index in [4.69, 9.17) is 5.73 Å². The molecule has 40 heavy (non-hydrogen) atoms. The molecular weight excluding hydrogens is 506 g/mol.